The lowest BCUT2D eigenvalue weighted by atomic mass is 9.81. The van der Waals surface area contributed by atoms with Crippen LogP contribution in [0.2, 0.25) is 0 Å². The number of methoxy groups -OCH3 is 1. The number of aliphatic carboxylic acids is 1. The maximum absolute atomic E-state index is 13.7. The maximum Gasteiger partial charge on any atom is 0.490 e. The molecule has 0 radical (unpaired) electrons. The molecular weight excluding hydrogens is 631 g/mol. The fourth-order valence-corrected chi connectivity index (χ4v) is 7.17. The topological polar surface area (TPSA) is 150 Å². The average molecular weight is 670 g/mol. The van der Waals surface area contributed by atoms with E-state index in [2.05, 4.69) is 26.1 Å². The summed E-state index contributed by atoms with van der Waals surface area (Å²) in [6.45, 7) is 9.55. The molecule has 4 rings (SSSR count). The molecule has 11 nitrogen and oxygen atoms in total. The molecule has 2 aromatic rings. The number of carboxylic acids is 1. The van der Waals surface area contributed by atoms with E-state index < -0.39 is 63.4 Å². The molecule has 2 fully saturated rings. The molecule has 0 bridgehead atoms. The van der Waals surface area contributed by atoms with Crippen LogP contribution in [0.25, 0.3) is 0 Å². The monoisotopic (exact) mass is 669 g/mol. The lowest BCUT2D eigenvalue weighted by Crippen LogP contribution is -2.56. The number of amides is 2. The lowest BCUT2D eigenvalue weighted by molar-refractivity contribution is -0.192. The largest absolute Gasteiger partial charge is 0.490 e. The third-order valence-corrected chi connectivity index (χ3v) is 10.1. The summed E-state index contributed by atoms with van der Waals surface area (Å²) in [4.78, 5) is 50.4. The number of sulfonamides is 1. The van der Waals surface area contributed by atoms with Gasteiger partial charge in [0.1, 0.15) is 5.54 Å². The minimum absolute atomic E-state index is 0.0748. The van der Waals surface area contributed by atoms with Crippen molar-refractivity contribution in [3.63, 3.8) is 0 Å². The van der Waals surface area contributed by atoms with Crippen molar-refractivity contribution >= 4 is 33.8 Å². The van der Waals surface area contributed by atoms with Gasteiger partial charge >= 0.3 is 18.1 Å². The number of alkyl halides is 3. The second-order valence-corrected chi connectivity index (χ2v) is 14.2. The number of halogens is 3. The number of fused-ring (bicyclic) bond motifs is 1. The first kappa shape index (κ1) is 36.6. The number of carboxylic acid groups (broad SMARTS) is 1. The molecule has 15 heteroatoms. The SMILES string of the molecule is CCN(C[C@H]1N[C@@](C)(C(=O)OC)[C@H]2C(=O)N(Cc3ccccc3)C(=O)[C@@H]12)S(=O)(=O)c1ccc(C(C)(C)C)cc1.O=C(O)C(F)(F)F. The number of carbonyl (C=O) groups excluding carboxylic acids is 3. The molecule has 0 saturated carbocycles. The Labute approximate surface area is 265 Å². The highest BCUT2D eigenvalue weighted by Crippen LogP contribution is 2.44. The average Bonchev–Trinajstić information content (AvgIpc) is 3.43. The predicted octanol–water partition coefficient (Wildman–Crippen LogP) is 3.33. The number of imide groups is 1. The third-order valence-electron chi connectivity index (χ3n) is 8.13. The number of esters is 1. The summed E-state index contributed by atoms with van der Waals surface area (Å²) < 4.78 is 65.3. The minimum Gasteiger partial charge on any atom is -0.475 e. The van der Waals surface area contributed by atoms with Crippen molar-refractivity contribution in [3.8, 4) is 0 Å². The highest BCUT2D eigenvalue weighted by molar-refractivity contribution is 7.89. The van der Waals surface area contributed by atoms with Crippen molar-refractivity contribution in [1.82, 2.24) is 14.5 Å². The molecule has 252 valence electrons. The molecule has 2 heterocycles. The number of rotatable bonds is 8. The number of likely N-dealkylation sites (tertiary alicyclic amines) is 1. The summed E-state index contributed by atoms with van der Waals surface area (Å²) in [7, 11) is -2.69. The Morgan fingerprint density at radius 3 is 2.02 bits per heavy atom. The Morgan fingerprint density at radius 1 is 1.02 bits per heavy atom. The number of nitrogens with zero attached hydrogens (tertiary/aromatic N) is 2. The Morgan fingerprint density at radius 2 is 1.57 bits per heavy atom. The van der Waals surface area contributed by atoms with Gasteiger partial charge in [-0.15, -0.1) is 0 Å². The zero-order valence-corrected chi connectivity index (χ0v) is 27.1. The smallest absolute Gasteiger partial charge is 0.475 e. The van der Waals surface area contributed by atoms with Crippen LogP contribution in [0.5, 0.6) is 0 Å². The minimum atomic E-state index is -5.08. The number of hydrogen-bond acceptors (Lipinski definition) is 8. The van der Waals surface area contributed by atoms with Gasteiger partial charge in [0.25, 0.3) is 0 Å². The molecule has 2 aromatic carbocycles. The van der Waals surface area contributed by atoms with Gasteiger partial charge in [-0.1, -0.05) is 70.2 Å². The molecule has 46 heavy (non-hydrogen) atoms. The van der Waals surface area contributed by atoms with Crippen LogP contribution in [0.4, 0.5) is 13.2 Å². The van der Waals surface area contributed by atoms with E-state index in [1.807, 2.05) is 30.3 Å². The van der Waals surface area contributed by atoms with Gasteiger partial charge in [0, 0.05) is 19.1 Å². The molecule has 0 aromatic heterocycles. The van der Waals surface area contributed by atoms with E-state index in [1.165, 1.54) is 16.3 Å². The van der Waals surface area contributed by atoms with Crippen molar-refractivity contribution in [3.05, 3.63) is 65.7 Å². The third kappa shape index (κ3) is 7.42. The van der Waals surface area contributed by atoms with Gasteiger partial charge in [0.2, 0.25) is 21.8 Å². The number of ether oxygens (including phenoxy) is 1. The second-order valence-electron chi connectivity index (χ2n) is 12.2. The van der Waals surface area contributed by atoms with Crippen LogP contribution < -0.4 is 5.32 Å². The van der Waals surface area contributed by atoms with Crippen molar-refractivity contribution in [2.45, 2.75) is 69.2 Å². The number of hydrogen-bond donors (Lipinski definition) is 2. The molecular formula is C31H38F3N3O8S. The van der Waals surface area contributed by atoms with E-state index in [0.29, 0.717) is 0 Å². The van der Waals surface area contributed by atoms with Crippen molar-refractivity contribution in [1.29, 1.82) is 0 Å². The van der Waals surface area contributed by atoms with Crippen molar-refractivity contribution < 1.29 is 50.6 Å². The number of likely N-dealkylation sites (N-methyl/N-ethyl adjacent to an activating group) is 1. The van der Waals surface area contributed by atoms with Crippen LogP contribution in [-0.4, -0.2) is 84.4 Å². The quantitative estimate of drug-likeness (QED) is 0.319. The van der Waals surface area contributed by atoms with Gasteiger partial charge in [-0.2, -0.15) is 17.5 Å². The van der Waals surface area contributed by atoms with E-state index in [-0.39, 0.29) is 29.9 Å². The molecule has 2 N–H and O–H groups in total. The molecule has 0 spiro atoms. The van der Waals surface area contributed by atoms with E-state index in [9.17, 15) is 36.0 Å². The number of benzene rings is 2. The van der Waals surface area contributed by atoms with E-state index >= 15 is 0 Å². The van der Waals surface area contributed by atoms with Crippen LogP contribution in [0.3, 0.4) is 0 Å². The summed E-state index contributed by atoms with van der Waals surface area (Å²) in [5, 5.41) is 10.3. The van der Waals surface area contributed by atoms with Gasteiger partial charge < -0.3 is 9.84 Å². The first-order valence-corrected chi connectivity index (χ1v) is 15.8. The molecule has 0 aliphatic carbocycles. The van der Waals surface area contributed by atoms with Gasteiger partial charge in [0.05, 0.1) is 30.4 Å². The zero-order chi connectivity index (χ0) is 34.8. The van der Waals surface area contributed by atoms with E-state index in [4.69, 9.17) is 14.6 Å². The first-order valence-electron chi connectivity index (χ1n) is 14.4. The molecule has 2 saturated heterocycles. The normalized spacial score (nSPS) is 23.2. The van der Waals surface area contributed by atoms with Crippen LogP contribution in [0.15, 0.2) is 59.5 Å². The Hall–Kier alpha value is -3.82. The van der Waals surface area contributed by atoms with E-state index in [1.54, 1.807) is 38.1 Å². The van der Waals surface area contributed by atoms with Gasteiger partial charge in [0.15, 0.2) is 0 Å². The molecule has 2 amide bonds. The highest BCUT2D eigenvalue weighted by atomic mass is 32.2. The summed E-state index contributed by atoms with van der Waals surface area (Å²) in [5.41, 5.74) is 0.168. The summed E-state index contributed by atoms with van der Waals surface area (Å²) in [6, 6.07) is 15.1. The standard InChI is InChI=1S/C29H37N3O6S.C2HF3O2/c1-7-31(39(36,37)21-15-13-20(14-16-21)28(2,3)4)18-22-23-24(29(5,30-22)27(35)38-6)26(34)32(25(23)33)17-19-11-9-8-10-12-19;3-2(4,5)1(6)7/h8-16,22-24,30H,7,17-18H2,1-6H3;(H,6,7)/t22-,23+,24-,29-;/m1./s1. The summed E-state index contributed by atoms with van der Waals surface area (Å²) >= 11 is 0. The van der Waals surface area contributed by atoms with E-state index in [0.717, 1.165) is 11.1 Å². The zero-order valence-electron chi connectivity index (χ0n) is 26.3. The molecule has 4 atom stereocenters. The maximum atomic E-state index is 13.7. The van der Waals surface area contributed by atoms with Crippen molar-refractivity contribution in [2.75, 3.05) is 20.2 Å². The molecule has 2 aliphatic heterocycles. The first-order chi connectivity index (χ1) is 21.2. The fraction of sp³-hybridized carbons (Fsp3) is 0.484. The second kappa shape index (κ2) is 13.5. The van der Waals surface area contributed by atoms with Gasteiger partial charge in [-0.3, -0.25) is 24.6 Å². The Balaban J connectivity index is 0.000000738. The van der Waals surface area contributed by atoms with Crippen molar-refractivity contribution in [2.24, 2.45) is 11.8 Å². The van der Waals surface area contributed by atoms with Gasteiger partial charge in [-0.05, 0) is 35.6 Å². The number of nitrogens with one attached hydrogen (secondary N) is 1. The number of carbonyl (C=O) groups is 4. The Bertz CT molecular complexity index is 1560. The fourth-order valence-electron chi connectivity index (χ4n) is 5.70. The molecule has 0 unspecified atom stereocenters. The van der Waals surface area contributed by atoms with Gasteiger partial charge in [-0.25, -0.2) is 13.2 Å². The molecule has 2 aliphatic rings. The van der Waals surface area contributed by atoms with Crippen LogP contribution in [0.1, 0.15) is 45.7 Å². The predicted molar refractivity (Wildman–Crippen MR) is 160 cm³/mol. The van der Waals surface area contributed by atoms with Crippen LogP contribution in [0, 0.1) is 11.8 Å². The van der Waals surface area contributed by atoms with Crippen LogP contribution >= 0.6 is 0 Å². The van der Waals surface area contributed by atoms with Crippen LogP contribution in [-0.2, 0) is 45.9 Å². The summed E-state index contributed by atoms with van der Waals surface area (Å²) in [5.74, 6) is -6.27. The summed E-state index contributed by atoms with van der Waals surface area (Å²) in [6.07, 6.45) is -5.08. The Kier molecular flexibility index (Phi) is 10.8. The highest BCUT2D eigenvalue weighted by Gasteiger charge is 2.66. The lowest BCUT2D eigenvalue weighted by Gasteiger charge is -2.30.